The molecule has 1 aromatic heterocycles. The summed E-state index contributed by atoms with van der Waals surface area (Å²) >= 11 is 3.31. The number of amides is 1. The number of nitrogens with zero attached hydrogens (tertiary/aromatic N) is 1. The minimum absolute atomic E-state index is 0.101. The van der Waals surface area contributed by atoms with Gasteiger partial charge in [0.2, 0.25) is 5.76 Å². The van der Waals surface area contributed by atoms with E-state index in [0.29, 0.717) is 34.8 Å². The average Bonchev–Trinajstić information content (AvgIpc) is 3.01. The van der Waals surface area contributed by atoms with Gasteiger partial charge in [0.15, 0.2) is 0 Å². The molecule has 1 aliphatic rings. The van der Waals surface area contributed by atoms with Crippen molar-refractivity contribution in [2.24, 2.45) is 5.92 Å². The fourth-order valence-corrected chi connectivity index (χ4v) is 3.52. The number of halogens is 1. The van der Waals surface area contributed by atoms with Crippen molar-refractivity contribution < 1.29 is 19.1 Å². The number of likely N-dealkylation sites (tertiary alicyclic amines) is 1. The number of rotatable bonds is 4. The SMILES string of the molecule is O=C(O)c1ccccc1CC1CCN(C(=O)c2occc2Br)CC1. The number of hydrogen-bond donors (Lipinski definition) is 1. The maximum absolute atomic E-state index is 12.4. The highest BCUT2D eigenvalue weighted by Gasteiger charge is 2.27. The summed E-state index contributed by atoms with van der Waals surface area (Å²) in [6.45, 7) is 1.32. The first-order chi connectivity index (χ1) is 11.6. The highest BCUT2D eigenvalue weighted by Crippen LogP contribution is 2.26. The molecule has 1 aromatic carbocycles. The van der Waals surface area contributed by atoms with E-state index in [1.165, 1.54) is 6.26 Å². The molecule has 0 bridgehead atoms. The van der Waals surface area contributed by atoms with Gasteiger partial charge in [-0.05, 0) is 58.8 Å². The molecule has 1 fully saturated rings. The maximum atomic E-state index is 12.4. The van der Waals surface area contributed by atoms with Crippen molar-refractivity contribution in [3.05, 3.63) is 58.0 Å². The third-order valence-electron chi connectivity index (χ3n) is 4.47. The van der Waals surface area contributed by atoms with Gasteiger partial charge in [-0.2, -0.15) is 0 Å². The summed E-state index contributed by atoms with van der Waals surface area (Å²) in [6, 6.07) is 8.85. The fraction of sp³-hybridized carbons (Fsp3) is 0.333. The molecule has 0 saturated carbocycles. The van der Waals surface area contributed by atoms with Crippen LogP contribution in [0.3, 0.4) is 0 Å². The molecule has 0 unspecified atom stereocenters. The Labute approximate surface area is 148 Å². The van der Waals surface area contributed by atoms with Crippen molar-refractivity contribution in [2.45, 2.75) is 19.3 Å². The highest BCUT2D eigenvalue weighted by atomic mass is 79.9. The van der Waals surface area contributed by atoms with Gasteiger partial charge in [-0.3, -0.25) is 4.79 Å². The fourth-order valence-electron chi connectivity index (χ4n) is 3.15. The van der Waals surface area contributed by atoms with Crippen molar-refractivity contribution in [3.8, 4) is 0 Å². The number of furan rings is 1. The summed E-state index contributed by atoms with van der Waals surface area (Å²) in [5.41, 5.74) is 1.24. The van der Waals surface area contributed by atoms with Crippen molar-refractivity contribution in [2.75, 3.05) is 13.1 Å². The predicted octanol–water partition coefficient (Wildman–Crippen LogP) is 3.84. The Morgan fingerprint density at radius 3 is 2.54 bits per heavy atom. The molecular weight excluding hydrogens is 374 g/mol. The van der Waals surface area contributed by atoms with E-state index in [2.05, 4.69) is 15.9 Å². The molecule has 0 atom stereocenters. The van der Waals surface area contributed by atoms with Gasteiger partial charge >= 0.3 is 5.97 Å². The van der Waals surface area contributed by atoms with Crippen LogP contribution in [-0.2, 0) is 6.42 Å². The van der Waals surface area contributed by atoms with E-state index < -0.39 is 5.97 Å². The summed E-state index contributed by atoms with van der Waals surface area (Å²) in [7, 11) is 0. The van der Waals surface area contributed by atoms with E-state index in [4.69, 9.17) is 4.42 Å². The van der Waals surface area contributed by atoms with Gasteiger partial charge in [0, 0.05) is 13.1 Å². The van der Waals surface area contributed by atoms with E-state index in [0.717, 1.165) is 24.8 Å². The summed E-state index contributed by atoms with van der Waals surface area (Å²) in [5.74, 6) is -0.267. The number of carboxylic acid groups (broad SMARTS) is 1. The summed E-state index contributed by atoms with van der Waals surface area (Å²) in [4.78, 5) is 25.5. The molecule has 1 aliphatic heterocycles. The first-order valence-corrected chi connectivity index (χ1v) is 8.69. The number of hydrogen-bond acceptors (Lipinski definition) is 3. The van der Waals surface area contributed by atoms with Crippen LogP contribution in [-0.4, -0.2) is 35.0 Å². The molecule has 6 heteroatoms. The van der Waals surface area contributed by atoms with Crippen molar-refractivity contribution in [3.63, 3.8) is 0 Å². The van der Waals surface area contributed by atoms with E-state index in [9.17, 15) is 14.7 Å². The second-order valence-electron chi connectivity index (χ2n) is 6.00. The first kappa shape index (κ1) is 16.8. The Kier molecular flexibility index (Phi) is 5.04. The number of piperidine rings is 1. The molecule has 0 radical (unpaired) electrons. The van der Waals surface area contributed by atoms with Gasteiger partial charge in [0.25, 0.3) is 5.91 Å². The Balaban J connectivity index is 1.61. The molecule has 1 saturated heterocycles. The molecule has 0 spiro atoms. The zero-order valence-electron chi connectivity index (χ0n) is 13.1. The van der Waals surface area contributed by atoms with Crippen LogP contribution in [0.1, 0.15) is 39.3 Å². The molecular formula is C18H18BrNO4. The smallest absolute Gasteiger partial charge is 0.335 e. The predicted molar refractivity (Wildman–Crippen MR) is 92.1 cm³/mol. The molecule has 126 valence electrons. The molecule has 1 amide bonds. The first-order valence-electron chi connectivity index (χ1n) is 7.89. The lowest BCUT2D eigenvalue weighted by molar-refractivity contribution is 0.0657. The summed E-state index contributed by atoms with van der Waals surface area (Å²) < 4.78 is 5.91. The lowest BCUT2D eigenvalue weighted by Gasteiger charge is -2.31. The van der Waals surface area contributed by atoms with Crippen LogP contribution < -0.4 is 0 Å². The van der Waals surface area contributed by atoms with Crippen molar-refractivity contribution >= 4 is 27.8 Å². The third kappa shape index (κ3) is 3.53. The standard InChI is InChI=1S/C18H18BrNO4/c19-15-7-10-24-16(15)17(21)20-8-5-12(6-9-20)11-13-3-1-2-4-14(13)18(22)23/h1-4,7,10,12H,5-6,8-9,11H2,(H,22,23). The van der Waals surface area contributed by atoms with Gasteiger partial charge in [-0.1, -0.05) is 18.2 Å². The highest BCUT2D eigenvalue weighted by molar-refractivity contribution is 9.10. The van der Waals surface area contributed by atoms with E-state index in [-0.39, 0.29) is 5.91 Å². The van der Waals surface area contributed by atoms with E-state index in [1.807, 2.05) is 12.1 Å². The monoisotopic (exact) mass is 391 g/mol. The van der Waals surface area contributed by atoms with Gasteiger partial charge < -0.3 is 14.4 Å². The molecule has 3 rings (SSSR count). The molecule has 2 heterocycles. The van der Waals surface area contributed by atoms with Gasteiger partial charge in [-0.15, -0.1) is 0 Å². The number of carbonyl (C=O) groups excluding carboxylic acids is 1. The van der Waals surface area contributed by atoms with Crippen LogP contribution in [0.2, 0.25) is 0 Å². The van der Waals surface area contributed by atoms with Gasteiger partial charge in [-0.25, -0.2) is 4.79 Å². The summed E-state index contributed by atoms with van der Waals surface area (Å²) in [6.07, 6.45) is 3.94. The van der Waals surface area contributed by atoms with E-state index >= 15 is 0 Å². The third-order valence-corrected chi connectivity index (χ3v) is 5.09. The normalized spacial score (nSPS) is 15.5. The van der Waals surface area contributed by atoms with Crippen LogP contribution in [0, 0.1) is 5.92 Å². The van der Waals surface area contributed by atoms with Gasteiger partial charge in [0.1, 0.15) is 0 Å². The lowest BCUT2D eigenvalue weighted by Crippen LogP contribution is -2.39. The lowest BCUT2D eigenvalue weighted by atomic mass is 9.88. The minimum Gasteiger partial charge on any atom is -0.478 e. The topological polar surface area (TPSA) is 70.8 Å². The zero-order valence-corrected chi connectivity index (χ0v) is 14.7. The Hall–Kier alpha value is -2.08. The van der Waals surface area contributed by atoms with Crippen LogP contribution in [0.4, 0.5) is 0 Å². The van der Waals surface area contributed by atoms with E-state index in [1.54, 1.807) is 23.1 Å². The molecule has 0 aliphatic carbocycles. The average molecular weight is 392 g/mol. The van der Waals surface area contributed by atoms with Crippen LogP contribution in [0.5, 0.6) is 0 Å². The second kappa shape index (κ2) is 7.21. The largest absolute Gasteiger partial charge is 0.478 e. The molecule has 5 nitrogen and oxygen atoms in total. The number of carbonyl (C=O) groups is 2. The number of aromatic carboxylic acids is 1. The van der Waals surface area contributed by atoms with Crippen molar-refractivity contribution in [1.82, 2.24) is 4.90 Å². The number of benzene rings is 1. The number of carboxylic acids is 1. The zero-order chi connectivity index (χ0) is 17.1. The molecule has 24 heavy (non-hydrogen) atoms. The molecule has 2 aromatic rings. The van der Waals surface area contributed by atoms with Crippen LogP contribution in [0.25, 0.3) is 0 Å². The molecule has 1 N–H and O–H groups in total. The second-order valence-corrected chi connectivity index (χ2v) is 6.85. The summed E-state index contributed by atoms with van der Waals surface area (Å²) in [5, 5.41) is 9.27. The maximum Gasteiger partial charge on any atom is 0.335 e. The minimum atomic E-state index is -0.888. The van der Waals surface area contributed by atoms with Gasteiger partial charge in [0.05, 0.1) is 16.3 Å². The quantitative estimate of drug-likeness (QED) is 0.859. The van der Waals surface area contributed by atoms with Crippen LogP contribution >= 0.6 is 15.9 Å². The Morgan fingerprint density at radius 2 is 1.92 bits per heavy atom. The van der Waals surface area contributed by atoms with Crippen LogP contribution in [0.15, 0.2) is 45.5 Å². The Morgan fingerprint density at radius 1 is 1.21 bits per heavy atom. The van der Waals surface area contributed by atoms with Crippen molar-refractivity contribution in [1.29, 1.82) is 0 Å². The Bertz CT molecular complexity index is 747.